The second kappa shape index (κ2) is 36.8. The fraction of sp³-hybridized carbons (Fsp3) is 0.850. The van der Waals surface area contributed by atoms with Crippen molar-refractivity contribution in [1.29, 1.82) is 0 Å². The van der Waals surface area contributed by atoms with Gasteiger partial charge in [-0.2, -0.15) is 0 Å². The Balaban J connectivity index is 3.45. The lowest BCUT2D eigenvalue weighted by Gasteiger charge is -2.11. The number of rotatable bonds is 35. The van der Waals surface area contributed by atoms with Crippen LogP contribution in [-0.2, 0) is 19.1 Å². The minimum Gasteiger partial charge on any atom is -0.466 e. The van der Waals surface area contributed by atoms with E-state index in [0.717, 1.165) is 32.1 Å². The highest BCUT2D eigenvalue weighted by Crippen LogP contribution is 2.12. The summed E-state index contributed by atoms with van der Waals surface area (Å²) < 4.78 is 10.6. The Bertz CT molecular complexity index is 690. The Kier molecular flexibility index (Phi) is 35.5. The highest BCUT2D eigenvalue weighted by Gasteiger charge is 2.19. The van der Waals surface area contributed by atoms with Crippen LogP contribution in [0.5, 0.6) is 0 Å². The number of ether oxygens (including phenoxy) is 2. The van der Waals surface area contributed by atoms with E-state index in [-0.39, 0.29) is 6.42 Å². The third-order valence-electron chi connectivity index (χ3n) is 8.51. The third-order valence-corrected chi connectivity index (χ3v) is 8.51. The maximum absolute atomic E-state index is 12.1. The number of hydrogen-bond acceptors (Lipinski definition) is 5. The maximum atomic E-state index is 12.1. The van der Waals surface area contributed by atoms with Crippen LogP contribution in [0.25, 0.3) is 0 Å². The fourth-order valence-corrected chi connectivity index (χ4v) is 5.49. The van der Waals surface area contributed by atoms with E-state index in [1.807, 2.05) is 0 Å². The van der Waals surface area contributed by atoms with Crippen LogP contribution in [0.15, 0.2) is 24.3 Å². The summed E-state index contributed by atoms with van der Waals surface area (Å²) in [6.45, 7) is 5.30. The second-order valence-electron chi connectivity index (χ2n) is 13.1. The van der Waals surface area contributed by atoms with Crippen molar-refractivity contribution in [2.75, 3.05) is 13.2 Å². The molecule has 0 rings (SSSR count). The molecule has 0 amide bonds. The summed E-state index contributed by atoms with van der Waals surface area (Å²) in [5, 5.41) is 0. The molecule has 264 valence electrons. The molecule has 0 fully saturated rings. The van der Waals surface area contributed by atoms with Crippen molar-refractivity contribution in [2.24, 2.45) is 5.73 Å². The monoisotopic (exact) mass is 634 g/mol. The van der Waals surface area contributed by atoms with E-state index < -0.39 is 18.0 Å². The van der Waals surface area contributed by atoms with E-state index in [1.54, 1.807) is 0 Å². The largest absolute Gasteiger partial charge is 0.466 e. The summed E-state index contributed by atoms with van der Waals surface area (Å²) in [6, 6.07) is -0.938. The molecule has 0 aromatic carbocycles. The van der Waals surface area contributed by atoms with Gasteiger partial charge in [-0.05, 0) is 64.2 Å². The van der Waals surface area contributed by atoms with Crippen molar-refractivity contribution < 1.29 is 19.1 Å². The summed E-state index contributed by atoms with van der Waals surface area (Å²) >= 11 is 0. The van der Waals surface area contributed by atoms with Gasteiger partial charge in [-0.15, -0.1) is 0 Å². The van der Waals surface area contributed by atoms with Gasteiger partial charge in [0.25, 0.3) is 0 Å². The third kappa shape index (κ3) is 35.1. The molecular weight excluding hydrogens is 558 g/mol. The first-order chi connectivity index (χ1) is 22.1. The van der Waals surface area contributed by atoms with Crippen LogP contribution in [0.4, 0.5) is 0 Å². The molecular formula is C40H75NO4. The van der Waals surface area contributed by atoms with Gasteiger partial charge in [-0.25, -0.2) is 0 Å². The number of nitrogens with two attached hydrogens (primary N) is 1. The molecule has 0 radical (unpaired) electrons. The van der Waals surface area contributed by atoms with Crippen molar-refractivity contribution in [3.05, 3.63) is 24.3 Å². The number of carbonyl (C=O) groups is 2. The highest BCUT2D eigenvalue weighted by atomic mass is 16.5. The molecule has 0 saturated carbocycles. The molecule has 0 aliphatic carbocycles. The lowest BCUT2D eigenvalue weighted by Crippen LogP contribution is -2.35. The molecule has 45 heavy (non-hydrogen) atoms. The predicted molar refractivity (Wildman–Crippen MR) is 193 cm³/mol. The van der Waals surface area contributed by atoms with Crippen molar-refractivity contribution in [1.82, 2.24) is 0 Å². The number of esters is 2. The quantitative estimate of drug-likeness (QED) is 0.0427. The van der Waals surface area contributed by atoms with E-state index in [0.29, 0.717) is 13.2 Å². The lowest BCUT2D eigenvalue weighted by atomic mass is 10.1. The van der Waals surface area contributed by atoms with Gasteiger partial charge >= 0.3 is 11.9 Å². The van der Waals surface area contributed by atoms with E-state index in [1.165, 1.54) is 148 Å². The zero-order valence-corrected chi connectivity index (χ0v) is 30.0. The number of hydrogen-bond donors (Lipinski definition) is 1. The van der Waals surface area contributed by atoms with Crippen LogP contribution in [0, 0.1) is 0 Å². The van der Waals surface area contributed by atoms with Crippen molar-refractivity contribution in [3.63, 3.8) is 0 Å². The van der Waals surface area contributed by atoms with E-state index in [4.69, 9.17) is 15.2 Å². The van der Waals surface area contributed by atoms with Crippen molar-refractivity contribution in [2.45, 2.75) is 206 Å². The Morgan fingerprint density at radius 3 is 1.16 bits per heavy atom. The summed E-state index contributed by atoms with van der Waals surface area (Å²) in [5.41, 5.74) is 5.87. The van der Waals surface area contributed by atoms with E-state index >= 15 is 0 Å². The van der Waals surface area contributed by atoms with Crippen molar-refractivity contribution >= 4 is 11.9 Å². The maximum Gasteiger partial charge on any atom is 0.323 e. The first kappa shape index (κ1) is 43.4. The minimum absolute atomic E-state index is 0.112. The average molecular weight is 634 g/mol. The Morgan fingerprint density at radius 2 is 0.778 bits per heavy atom. The molecule has 5 nitrogen and oxygen atoms in total. The summed E-state index contributed by atoms with van der Waals surface area (Å²) in [6.07, 6.45) is 44.2. The van der Waals surface area contributed by atoms with E-state index in [2.05, 4.69) is 38.2 Å². The molecule has 0 saturated heterocycles. The van der Waals surface area contributed by atoms with E-state index in [9.17, 15) is 9.59 Å². The molecule has 1 atom stereocenters. The molecule has 0 unspecified atom stereocenters. The topological polar surface area (TPSA) is 78.6 Å². The highest BCUT2D eigenvalue weighted by molar-refractivity contribution is 5.82. The first-order valence-corrected chi connectivity index (χ1v) is 19.5. The van der Waals surface area contributed by atoms with Gasteiger partial charge in [-0.1, -0.05) is 154 Å². The van der Waals surface area contributed by atoms with Gasteiger partial charge < -0.3 is 15.2 Å². The van der Waals surface area contributed by atoms with Crippen LogP contribution < -0.4 is 5.73 Å². The van der Waals surface area contributed by atoms with Gasteiger partial charge in [-0.3, -0.25) is 9.59 Å². The molecule has 0 spiro atoms. The predicted octanol–water partition coefficient (Wildman–Crippen LogP) is 11.9. The normalized spacial score (nSPS) is 12.3. The van der Waals surface area contributed by atoms with Crippen molar-refractivity contribution in [3.8, 4) is 0 Å². The molecule has 0 aliphatic rings. The van der Waals surface area contributed by atoms with Crippen LogP contribution in [0.1, 0.15) is 200 Å². The summed E-state index contributed by atoms with van der Waals surface area (Å²) in [7, 11) is 0. The molecule has 0 aliphatic heterocycles. The number of carbonyl (C=O) groups excluding carboxylic acids is 2. The Labute approximate surface area is 279 Å². The van der Waals surface area contributed by atoms with Crippen LogP contribution in [0.3, 0.4) is 0 Å². The Hall–Kier alpha value is -1.62. The van der Waals surface area contributed by atoms with Gasteiger partial charge in [0.15, 0.2) is 0 Å². The zero-order valence-electron chi connectivity index (χ0n) is 30.0. The SMILES string of the molecule is CCCCCCCC/C=C\CCCCCCCCOC(=O)C[C@H](N)C(=O)OCCCCCCCC/C=C\CCCCCCCC. The zero-order chi connectivity index (χ0) is 32.9. The molecule has 0 heterocycles. The molecule has 0 bridgehead atoms. The first-order valence-electron chi connectivity index (χ1n) is 19.5. The van der Waals surface area contributed by atoms with Gasteiger partial charge in [0.1, 0.15) is 6.04 Å². The molecule has 2 N–H and O–H groups in total. The van der Waals surface area contributed by atoms with Gasteiger partial charge in [0.2, 0.25) is 0 Å². The number of unbranched alkanes of at least 4 members (excludes halogenated alkanes) is 24. The van der Waals surface area contributed by atoms with Gasteiger partial charge in [0.05, 0.1) is 19.6 Å². The summed E-state index contributed by atoms with van der Waals surface area (Å²) in [4.78, 5) is 24.1. The standard InChI is InChI=1S/C40H75NO4/c1-3-5-7-9-11-13-15-17-19-21-23-25-27-29-31-33-35-44-39(42)37-38(41)40(43)45-36-34-32-30-28-26-24-22-20-18-16-14-12-10-8-6-4-2/h17-20,38H,3-16,21-37,41H2,1-2H3/b19-17-,20-18-/t38-/m0/s1. The smallest absolute Gasteiger partial charge is 0.323 e. The second-order valence-corrected chi connectivity index (χ2v) is 13.1. The van der Waals surface area contributed by atoms with Crippen LogP contribution in [0.2, 0.25) is 0 Å². The molecule has 0 aromatic rings. The fourth-order valence-electron chi connectivity index (χ4n) is 5.49. The minimum atomic E-state index is -0.938. The Morgan fingerprint density at radius 1 is 0.467 bits per heavy atom. The summed E-state index contributed by atoms with van der Waals surface area (Å²) in [5.74, 6) is -0.915. The lowest BCUT2D eigenvalue weighted by molar-refractivity contribution is -0.152. The van der Waals surface area contributed by atoms with Crippen LogP contribution in [-0.4, -0.2) is 31.2 Å². The van der Waals surface area contributed by atoms with Gasteiger partial charge in [0, 0.05) is 0 Å². The molecule has 5 heteroatoms. The molecule has 0 aromatic heterocycles. The average Bonchev–Trinajstić information content (AvgIpc) is 3.03. The van der Waals surface area contributed by atoms with Crippen LogP contribution >= 0.6 is 0 Å². The number of allylic oxidation sites excluding steroid dienone is 4.